The maximum atomic E-state index is 2.57. The number of rotatable bonds is 3. The maximum Gasteiger partial charge on any atom is 0.0726 e. The summed E-state index contributed by atoms with van der Waals surface area (Å²) in [5, 5.41) is 7.64. The molecule has 0 atom stereocenters. The first-order valence-corrected chi connectivity index (χ1v) is 19.2. The average molecular weight is 690 g/mol. The van der Waals surface area contributed by atoms with Gasteiger partial charge in [0.15, 0.2) is 0 Å². The summed E-state index contributed by atoms with van der Waals surface area (Å²) >= 11 is 1.90. The molecule has 0 amide bonds. The zero-order valence-corrected chi connectivity index (χ0v) is 29.6. The zero-order chi connectivity index (χ0) is 34.7. The van der Waals surface area contributed by atoms with Crippen LogP contribution in [0, 0.1) is 0 Å². The van der Waals surface area contributed by atoms with Crippen molar-refractivity contribution in [1.29, 1.82) is 0 Å². The number of nitrogens with zero attached hydrogens (tertiary/aromatic N) is 1. The first-order valence-electron chi connectivity index (χ1n) is 18.4. The van der Waals surface area contributed by atoms with Crippen molar-refractivity contribution in [2.45, 2.75) is 5.41 Å². The van der Waals surface area contributed by atoms with E-state index in [1.807, 2.05) is 11.3 Å². The molecule has 12 rings (SSSR count). The predicted octanol–water partition coefficient (Wildman–Crippen LogP) is 14.2. The zero-order valence-electron chi connectivity index (χ0n) is 28.8. The quantitative estimate of drug-likeness (QED) is 0.178. The number of benzene rings is 9. The van der Waals surface area contributed by atoms with Crippen LogP contribution >= 0.6 is 11.3 Å². The molecule has 1 nitrogen and oxygen atoms in total. The molecule has 9 aromatic carbocycles. The van der Waals surface area contributed by atoms with Gasteiger partial charge in [0.05, 0.1) is 21.5 Å². The fourth-order valence-corrected chi connectivity index (χ4v) is 11.0. The third-order valence-electron chi connectivity index (χ3n) is 11.8. The van der Waals surface area contributed by atoms with Crippen LogP contribution in [0.2, 0.25) is 0 Å². The Hall–Kier alpha value is -6.48. The minimum Gasteiger partial charge on any atom is -0.308 e. The Morgan fingerprint density at radius 2 is 0.981 bits per heavy atom. The molecule has 2 aliphatic rings. The molecule has 0 saturated carbocycles. The molecule has 2 aliphatic carbocycles. The van der Waals surface area contributed by atoms with E-state index < -0.39 is 5.41 Å². The highest BCUT2D eigenvalue weighted by Gasteiger charge is 2.52. The second-order valence-corrected chi connectivity index (χ2v) is 15.4. The third-order valence-corrected chi connectivity index (χ3v) is 13.0. The van der Waals surface area contributed by atoms with Crippen molar-refractivity contribution < 1.29 is 0 Å². The lowest BCUT2D eigenvalue weighted by Crippen LogP contribution is -2.26. The molecule has 1 spiro atoms. The molecule has 0 fully saturated rings. The summed E-state index contributed by atoms with van der Waals surface area (Å²) in [5.74, 6) is 0. The average Bonchev–Trinajstić information content (AvgIpc) is 3.86. The van der Waals surface area contributed by atoms with Crippen molar-refractivity contribution >= 4 is 70.1 Å². The lowest BCUT2D eigenvalue weighted by atomic mass is 9.70. The van der Waals surface area contributed by atoms with Crippen molar-refractivity contribution in [3.8, 4) is 22.3 Å². The first kappa shape index (κ1) is 29.1. The summed E-state index contributed by atoms with van der Waals surface area (Å²) < 4.78 is 2.61. The van der Waals surface area contributed by atoms with Gasteiger partial charge < -0.3 is 4.90 Å². The van der Waals surface area contributed by atoms with Gasteiger partial charge in [-0.2, -0.15) is 0 Å². The van der Waals surface area contributed by atoms with E-state index in [0.717, 1.165) is 5.69 Å². The van der Waals surface area contributed by atoms with Crippen molar-refractivity contribution in [1.82, 2.24) is 0 Å². The van der Waals surface area contributed by atoms with Crippen LogP contribution in [0.5, 0.6) is 0 Å². The molecule has 246 valence electrons. The Kier molecular flexibility index (Phi) is 5.92. The van der Waals surface area contributed by atoms with E-state index in [2.05, 4.69) is 193 Å². The molecule has 0 N–H and O–H groups in total. The van der Waals surface area contributed by atoms with Gasteiger partial charge in [0.2, 0.25) is 0 Å². The van der Waals surface area contributed by atoms with Gasteiger partial charge in [0.25, 0.3) is 0 Å². The fourth-order valence-electron chi connectivity index (χ4n) is 9.76. The molecule has 1 aromatic heterocycles. The Labute approximate surface area is 311 Å². The van der Waals surface area contributed by atoms with Crippen LogP contribution in [-0.4, -0.2) is 0 Å². The Balaban J connectivity index is 1.24. The highest BCUT2D eigenvalue weighted by Crippen LogP contribution is 2.65. The molecular formula is C51H31NS. The SMILES string of the molecule is c1ccc2c(c1)-c1ccccc1C21c2ccccc2-c2c(N(c3ccc4ccccc4c3)c3cc4ccccc4c4c3sc3ccccc34)cccc21. The van der Waals surface area contributed by atoms with Gasteiger partial charge in [-0.15, -0.1) is 11.3 Å². The van der Waals surface area contributed by atoms with Gasteiger partial charge in [-0.25, -0.2) is 0 Å². The van der Waals surface area contributed by atoms with Crippen LogP contribution in [0.4, 0.5) is 17.1 Å². The molecule has 10 aromatic rings. The van der Waals surface area contributed by atoms with Gasteiger partial charge in [-0.3, -0.25) is 0 Å². The van der Waals surface area contributed by atoms with Crippen molar-refractivity contribution in [3.63, 3.8) is 0 Å². The summed E-state index contributed by atoms with van der Waals surface area (Å²) in [6.45, 7) is 0. The molecule has 1 heterocycles. The molecule has 0 saturated heterocycles. The molecule has 53 heavy (non-hydrogen) atoms. The minimum absolute atomic E-state index is 0.416. The van der Waals surface area contributed by atoms with Crippen LogP contribution in [0.3, 0.4) is 0 Å². The van der Waals surface area contributed by atoms with Gasteiger partial charge in [-0.1, -0.05) is 158 Å². The fraction of sp³-hybridized carbons (Fsp3) is 0.0196. The van der Waals surface area contributed by atoms with E-state index in [9.17, 15) is 0 Å². The summed E-state index contributed by atoms with van der Waals surface area (Å²) in [6, 6.07) is 70.3. The number of hydrogen-bond acceptors (Lipinski definition) is 2. The Bertz CT molecular complexity index is 3100. The highest BCUT2D eigenvalue weighted by molar-refractivity contribution is 7.26. The monoisotopic (exact) mass is 689 g/mol. The summed E-state index contributed by atoms with van der Waals surface area (Å²) in [6.07, 6.45) is 0. The predicted molar refractivity (Wildman–Crippen MR) is 225 cm³/mol. The van der Waals surface area contributed by atoms with Gasteiger partial charge in [0.1, 0.15) is 0 Å². The molecule has 2 heteroatoms. The Morgan fingerprint density at radius 1 is 0.396 bits per heavy atom. The second-order valence-electron chi connectivity index (χ2n) is 14.4. The maximum absolute atomic E-state index is 2.57. The minimum atomic E-state index is -0.416. The van der Waals surface area contributed by atoms with Crippen LogP contribution < -0.4 is 4.90 Å². The van der Waals surface area contributed by atoms with E-state index in [0.29, 0.717) is 0 Å². The van der Waals surface area contributed by atoms with Gasteiger partial charge in [-0.05, 0) is 90.8 Å². The second kappa shape index (κ2) is 10.8. The lowest BCUT2D eigenvalue weighted by Gasteiger charge is -2.32. The van der Waals surface area contributed by atoms with Crippen LogP contribution in [-0.2, 0) is 5.41 Å². The molecule has 0 radical (unpaired) electrons. The van der Waals surface area contributed by atoms with Crippen molar-refractivity contribution in [2.75, 3.05) is 4.90 Å². The topological polar surface area (TPSA) is 3.24 Å². The number of anilines is 3. The van der Waals surface area contributed by atoms with Crippen LogP contribution in [0.1, 0.15) is 22.3 Å². The normalized spacial score (nSPS) is 13.4. The van der Waals surface area contributed by atoms with E-state index in [1.165, 1.54) is 97.6 Å². The number of hydrogen-bond donors (Lipinski definition) is 0. The molecule has 0 bridgehead atoms. The third kappa shape index (κ3) is 3.81. The smallest absolute Gasteiger partial charge is 0.0726 e. The van der Waals surface area contributed by atoms with Crippen molar-refractivity contribution in [3.05, 3.63) is 210 Å². The van der Waals surface area contributed by atoms with E-state index >= 15 is 0 Å². The lowest BCUT2D eigenvalue weighted by molar-refractivity contribution is 0.794. The van der Waals surface area contributed by atoms with E-state index in [-0.39, 0.29) is 0 Å². The number of thiophene rings is 1. The van der Waals surface area contributed by atoms with E-state index in [1.54, 1.807) is 0 Å². The summed E-state index contributed by atoms with van der Waals surface area (Å²) in [4.78, 5) is 2.57. The summed E-state index contributed by atoms with van der Waals surface area (Å²) in [7, 11) is 0. The largest absolute Gasteiger partial charge is 0.308 e. The number of fused-ring (bicyclic) bond motifs is 16. The Morgan fingerprint density at radius 3 is 1.75 bits per heavy atom. The molecular weight excluding hydrogens is 659 g/mol. The molecule has 0 unspecified atom stereocenters. The molecule has 0 aliphatic heterocycles. The standard InChI is InChI=1S/C51H31NS/c1-2-15-33-30-35(29-28-32(33)14-1)52(46-31-34-16-3-4-17-36(34)48-40-21-8-12-27-47(40)53-50(46)48)45-26-13-25-44-49(45)39-20-7-11-24-43(39)51(44)41-22-9-5-18-37(41)38-19-6-10-23-42(38)51/h1-31H. The van der Waals surface area contributed by atoms with Crippen LogP contribution in [0.15, 0.2) is 188 Å². The van der Waals surface area contributed by atoms with Gasteiger partial charge in [0, 0.05) is 26.7 Å². The first-order chi connectivity index (χ1) is 26.3. The van der Waals surface area contributed by atoms with Gasteiger partial charge >= 0.3 is 0 Å². The van der Waals surface area contributed by atoms with E-state index in [4.69, 9.17) is 0 Å². The van der Waals surface area contributed by atoms with Crippen molar-refractivity contribution in [2.24, 2.45) is 0 Å². The highest BCUT2D eigenvalue weighted by atomic mass is 32.1. The van der Waals surface area contributed by atoms with Crippen LogP contribution in [0.25, 0.3) is 64.0 Å². The summed E-state index contributed by atoms with van der Waals surface area (Å²) in [5.41, 5.74) is 13.8.